The number of alkyl halides is 5. The number of amides is 1. The van der Waals surface area contributed by atoms with Gasteiger partial charge in [0.15, 0.2) is 5.79 Å². The molecule has 1 atom stereocenters. The van der Waals surface area contributed by atoms with Gasteiger partial charge in [-0.3, -0.25) is 4.79 Å². The van der Waals surface area contributed by atoms with Crippen molar-refractivity contribution in [2.24, 2.45) is 0 Å². The normalized spacial score (nSPS) is 23.6. The summed E-state index contributed by atoms with van der Waals surface area (Å²) in [6.07, 6.45) is -6.02. The molecule has 2 saturated heterocycles. The summed E-state index contributed by atoms with van der Waals surface area (Å²) < 4.78 is 92.7. The molecule has 1 aromatic carbocycles. The Balaban J connectivity index is 1.50. The molecule has 0 saturated carbocycles. The fourth-order valence-corrected chi connectivity index (χ4v) is 4.57. The molecule has 12 heteroatoms. The summed E-state index contributed by atoms with van der Waals surface area (Å²) in [6, 6.07) is 2.71. The first-order valence-corrected chi connectivity index (χ1v) is 10.5. The Morgan fingerprint density at radius 1 is 1.12 bits per heavy atom. The van der Waals surface area contributed by atoms with Gasteiger partial charge in [0.1, 0.15) is 11.7 Å². The van der Waals surface area contributed by atoms with E-state index in [-0.39, 0.29) is 48.5 Å². The SMILES string of the molecule is O=C1NCCN(CC(F)(F)C2CC3(CCO2)OCCO3)c2c1oc1ccc(C(F)(F)F)cc21. The third-order valence-electron chi connectivity index (χ3n) is 6.16. The maximum absolute atomic E-state index is 15.4. The lowest BCUT2D eigenvalue weighted by Gasteiger charge is -2.40. The van der Waals surface area contributed by atoms with Gasteiger partial charge in [-0.1, -0.05) is 0 Å². The minimum atomic E-state index is -4.65. The Hall–Kier alpha value is -2.44. The van der Waals surface area contributed by atoms with Gasteiger partial charge in [-0.15, -0.1) is 0 Å². The minimum Gasteiger partial charge on any atom is -0.449 e. The lowest BCUT2D eigenvalue weighted by molar-refractivity contribution is -0.255. The van der Waals surface area contributed by atoms with E-state index in [1.807, 2.05) is 0 Å². The van der Waals surface area contributed by atoms with Gasteiger partial charge in [0.2, 0.25) is 5.76 Å². The number of nitrogens with one attached hydrogen (secondary N) is 1. The molecular weight excluding hydrogens is 455 g/mol. The first kappa shape index (κ1) is 22.4. The molecule has 2 fully saturated rings. The quantitative estimate of drug-likeness (QED) is 0.684. The third-order valence-corrected chi connectivity index (χ3v) is 6.16. The van der Waals surface area contributed by atoms with Crippen molar-refractivity contribution in [2.45, 2.75) is 36.8 Å². The second-order valence-corrected chi connectivity index (χ2v) is 8.35. The number of furan rings is 1. The Morgan fingerprint density at radius 2 is 1.88 bits per heavy atom. The van der Waals surface area contributed by atoms with Gasteiger partial charge in [-0.05, 0) is 18.2 Å². The van der Waals surface area contributed by atoms with E-state index in [9.17, 15) is 18.0 Å². The van der Waals surface area contributed by atoms with Crippen molar-refractivity contribution in [3.8, 4) is 0 Å². The summed E-state index contributed by atoms with van der Waals surface area (Å²) >= 11 is 0. The van der Waals surface area contributed by atoms with E-state index in [1.54, 1.807) is 0 Å². The van der Waals surface area contributed by atoms with Crippen molar-refractivity contribution in [3.63, 3.8) is 0 Å². The van der Waals surface area contributed by atoms with E-state index < -0.39 is 42.0 Å². The van der Waals surface area contributed by atoms with Gasteiger partial charge < -0.3 is 28.8 Å². The highest BCUT2D eigenvalue weighted by atomic mass is 19.4. The number of fused-ring (bicyclic) bond motifs is 3. The molecule has 1 unspecified atom stereocenters. The zero-order valence-corrected chi connectivity index (χ0v) is 17.3. The number of hydrogen-bond donors (Lipinski definition) is 1. The largest absolute Gasteiger partial charge is 0.449 e. The monoisotopic (exact) mass is 476 g/mol. The van der Waals surface area contributed by atoms with E-state index in [2.05, 4.69) is 5.32 Å². The predicted molar refractivity (Wildman–Crippen MR) is 104 cm³/mol. The number of nitrogens with zero attached hydrogens (tertiary/aromatic N) is 1. The maximum atomic E-state index is 15.4. The molecule has 3 aliphatic rings. The second kappa shape index (κ2) is 7.81. The van der Waals surface area contributed by atoms with Crippen molar-refractivity contribution in [1.29, 1.82) is 0 Å². The standard InChI is InChI=1S/C21H21F5N2O5/c22-20(23,15-10-19(3-6-30-15)31-7-8-32-19)11-28-5-4-27-18(29)17-16(28)13-9-12(21(24,25)26)1-2-14(13)33-17/h1-2,9,15H,3-8,10-11H2,(H,27,29). The number of rotatable bonds is 3. The summed E-state index contributed by atoms with van der Waals surface area (Å²) in [6.45, 7) is -0.282. The number of anilines is 1. The molecule has 0 bridgehead atoms. The summed E-state index contributed by atoms with van der Waals surface area (Å²) in [7, 11) is 0. The Morgan fingerprint density at radius 3 is 2.61 bits per heavy atom. The van der Waals surface area contributed by atoms with Gasteiger partial charge in [0, 0.05) is 31.3 Å². The molecule has 5 rings (SSSR count). The third kappa shape index (κ3) is 4.04. The summed E-state index contributed by atoms with van der Waals surface area (Å²) in [5.74, 6) is -5.52. The van der Waals surface area contributed by atoms with E-state index in [0.29, 0.717) is 19.6 Å². The smallest absolute Gasteiger partial charge is 0.416 e. The maximum Gasteiger partial charge on any atom is 0.416 e. The lowest BCUT2D eigenvalue weighted by atomic mass is 9.97. The van der Waals surface area contributed by atoms with E-state index >= 15 is 8.78 Å². The number of halogens is 5. The first-order chi connectivity index (χ1) is 15.6. The van der Waals surface area contributed by atoms with Crippen molar-refractivity contribution in [3.05, 3.63) is 29.5 Å². The Labute approximate surface area is 184 Å². The van der Waals surface area contributed by atoms with Crippen LogP contribution in [0.15, 0.2) is 22.6 Å². The van der Waals surface area contributed by atoms with E-state index in [1.165, 1.54) is 4.90 Å². The molecule has 1 N–H and O–H groups in total. The van der Waals surface area contributed by atoms with E-state index in [0.717, 1.165) is 18.2 Å². The van der Waals surface area contributed by atoms with Crippen LogP contribution >= 0.6 is 0 Å². The molecule has 4 heterocycles. The first-order valence-electron chi connectivity index (χ1n) is 10.5. The van der Waals surface area contributed by atoms with Crippen LogP contribution in [0, 0.1) is 0 Å². The zero-order chi connectivity index (χ0) is 23.4. The van der Waals surface area contributed by atoms with Crippen LogP contribution in [0.1, 0.15) is 29.0 Å². The Kier molecular flexibility index (Phi) is 5.29. The van der Waals surface area contributed by atoms with Gasteiger partial charge in [0.25, 0.3) is 11.8 Å². The molecule has 7 nitrogen and oxygen atoms in total. The molecular formula is C21H21F5N2O5. The van der Waals surface area contributed by atoms with Crippen LogP contribution in [0.4, 0.5) is 27.6 Å². The zero-order valence-electron chi connectivity index (χ0n) is 17.3. The minimum absolute atomic E-state index is 0.000934. The second-order valence-electron chi connectivity index (χ2n) is 8.35. The number of carbonyl (C=O) groups is 1. The fourth-order valence-electron chi connectivity index (χ4n) is 4.57. The van der Waals surface area contributed by atoms with E-state index in [4.69, 9.17) is 18.6 Å². The van der Waals surface area contributed by atoms with Gasteiger partial charge in [-0.25, -0.2) is 8.78 Å². The summed E-state index contributed by atoms with van der Waals surface area (Å²) in [5.41, 5.74) is -1.06. The molecule has 3 aliphatic heterocycles. The molecule has 2 aromatic rings. The molecule has 180 valence electrons. The van der Waals surface area contributed by atoms with Crippen LogP contribution in [0.25, 0.3) is 11.0 Å². The molecule has 0 radical (unpaired) electrons. The van der Waals surface area contributed by atoms with Crippen molar-refractivity contribution >= 4 is 22.6 Å². The average molecular weight is 476 g/mol. The van der Waals surface area contributed by atoms with Crippen LogP contribution < -0.4 is 10.2 Å². The van der Waals surface area contributed by atoms with Crippen LogP contribution in [-0.4, -0.2) is 63.2 Å². The number of benzene rings is 1. The number of ether oxygens (including phenoxy) is 3. The van der Waals surface area contributed by atoms with Crippen LogP contribution in [0.2, 0.25) is 0 Å². The molecule has 1 aromatic heterocycles. The topological polar surface area (TPSA) is 73.2 Å². The van der Waals surface area contributed by atoms with Gasteiger partial charge >= 0.3 is 6.18 Å². The molecule has 0 aliphatic carbocycles. The molecule has 33 heavy (non-hydrogen) atoms. The van der Waals surface area contributed by atoms with Gasteiger partial charge in [0.05, 0.1) is 37.6 Å². The molecule has 1 amide bonds. The fraction of sp³-hybridized carbons (Fsp3) is 0.571. The van der Waals surface area contributed by atoms with Crippen LogP contribution in [0.5, 0.6) is 0 Å². The van der Waals surface area contributed by atoms with Crippen LogP contribution in [-0.2, 0) is 20.4 Å². The highest BCUT2D eigenvalue weighted by Crippen LogP contribution is 2.42. The lowest BCUT2D eigenvalue weighted by Crippen LogP contribution is -2.53. The molecule has 1 spiro atoms. The highest BCUT2D eigenvalue weighted by molar-refractivity contribution is 6.07. The Bertz CT molecular complexity index is 1060. The van der Waals surface area contributed by atoms with Gasteiger partial charge in [-0.2, -0.15) is 13.2 Å². The predicted octanol–water partition coefficient (Wildman–Crippen LogP) is 3.56. The summed E-state index contributed by atoms with van der Waals surface area (Å²) in [4.78, 5) is 13.6. The number of hydrogen-bond acceptors (Lipinski definition) is 6. The number of carbonyl (C=O) groups excluding carboxylic acids is 1. The van der Waals surface area contributed by atoms with Crippen LogP contribution in [0.3, 0.4) is 0 Å². The highest BCUT2D eigenvalue weighted by Gasteiger charge is 2.52. The average Bonchev–Trinajstić information content (AvgIpc) is 3.32. The van der Waals surface area contributed by atoms with Crippen molar-refractivity contribution < 1.29 is 45.4 Å². The van der Waals surface area contributed by atoms with Crippen molar-refractivity contribution in [2.75, 3.05) is 44.4 Å². The summed E-state index contributed by atoms with van der Waals surface area (Å²) in [5, 5.41) is 2.47. The van der Waals surface area contributed by atoms with Crippen molar-refractivity contribution in [1.82, 2.24) is 5.32 Å².